The predicted octanol–water partition coefficient (Wildman–Crippen LogP) is 0.677. The van der Waals surface area contributed by atoms with Crippen LogP contribution in [0.15, 0.2) is 18.2 Å². The summed E-state index contributed by atoms with van der Waals surface area (Å²) >= 11 is 0. The van der Waals surface area contributed by atoms with E-state index in [1.54, 1.807) is 30.2 Å². The molecule has 1 aromatic carbocycles. The summed E-state index contributed by atoms with van der Waals surface area (Å²) in [4.78, 5) is 38.9. The number of carbonyl (C=O) groups is 3. The van der Waals surface area contributed by atoms with Gasteiger partial charge in [-0.3, -0.25) is 19.3 Å². The molecular formula is C16H18N2O5. The van der Waals surface area contributed by atoms with Gasteiger partial charge in [0.05, 0.1) is 25.8 Å². The Morgan fingerprint density at radius 3 is 2.30 bits per heavy atom. The average molecular weight is 318 g/mol. The van der Waals surface area contributed by atoms with Gasteiger partial charge in [-0.25, -0.2) is 0 Å². The maximum Gasteiger partial charge on any atom is 0.257 e. The molecule has 7 heteroatoms. The monoisotopic (exact) mass is 318 g/mol. The molecule has 0 spiro atoms. The van der Waals surface area contributed by atoms with Crippen LogP contribution in [-0.2, 0) is 9.59 Å². The first-order valence-corrected chi connectivity index (χ1v) is 7.41. The molecule has 2 heterocycles. The van der Waals surface area contributed by atoms with Crippen LogP contribution in [0.1, 0.15) is 23.2 Å². The van der Waals surface area contributed by atoms with E-state index in [0.29, 0.717) is 30.2 Å². The normalized spacial score (nSPS) is 18.2. The van der Waals surface area contributed by atoms with E-state index in [4.69, 9.17) is 9.47 Å². The van der Waals surface area contributed by atoms with Gasteiger partial charge >= 0.3 is 0 Å². The molecule has 2 aliphatic rings. The van der Waals surface area contributed by atoms with Crippen molar-refractivity contribution in [3.05, 3.63) is 23.8 Å². The van der Waals surface area contributed by atoms with Crippen molar-refractivity contribution in [3.8, 4) is 11.5 Å². The number of hydrogen-bond acceptors (Lipinski definition) is 5. The van der Waals surface area contributed by atoms with E-state index in [9.17, 15) is 14.4 Å². The van der Waals surface area contributed by atoms with Crippen molar-refractivity contribution in [2.24, 2.45) is 0 Å². The molecule has 23 heavy (non-hydrogen) atoms. The molecule has 2 fully saturated rings. The van der Waals surface area contributed by atoms with Crippen molar-refractivity contribution < 1.29 is 23.9 Å². The van der Waals surface area contributed by atoms with Gasteiger partial charge in [-0.1, -0.05) is 0 Å². The van der Waals surface area contributed by atoms with Gasteiger partial charge in [0.1, 0.15) is 11.5 Å². The van der Waals surface area contributed by atoms with Crippen LogP contribution < -0.4 is 9.47 Å². The molecule has 0 saturated carbocycles. The number of rotatable bonds is 4. The third-order valence-corrected chi connectivity index (χ3v) is 4.24. The minimum Gasteiger partial charge on any atom is -0.497 e. The lowest BCUT2D eigenvalue weighted by Crippen LogP contribution is -2.62. The summed E-state index contributed by atoms with van der Waals surface area (Å²) in [7, 11) is 3.03. The van der Waals surface area contributed by atoms with Crippen molar-refractivity contribution in [1.29, 1.82) is 0 Å². The molecule has 2 aliphatic heterocycles. The number of ether oxygens (including phenoxy) is 2. The van der Waals surface area contributed by atoms with Crippen LogP contribution in [0.25, 0.3) is 0 Å². The molecule has 3 amide bonds. The van der Waals surface area contributed by atoms with Gasteiger partial charge in [-0.15, -0.1) is 0 Å². The van der Waals surface area contributed by atoms with Crippen molar-refractivity contribution in [3.63, 3.8) is 0 Å². The molecule has 0 unspecified atom stereocenters. The van der Waals surface area contributed by atoms with Gasteiger partial charge in [-0.2, -0.15) is 0 Å². The van der Waals surface area contributed by atoms with Gasteiger partial charge in [0, 0.05) is 32.0 Å². The molecule has 7 nitrogen and oxygen atoms in total. The number of benzene rings is 1. The van der Waals surface area contributed by atoms with Crippen molar-refractivity contribution in [2.45, 2.75) is 18.9 Å². The zero-order valence-electron chi connectivity index (χ0n) is 13.1. The number of likely N-dealkylation sites (tertiary alicyclic amines) is 2. The van der Waals surface area contributed by atoms with Gasteiger partial charge in [0.15, 0.2) is 0 Å². The number of imide groups is 1. The second-order valence-electron chi connectivity index (χ2n) is 5.59. The molecule has 0 aromatic heterocycles. The number of amides is 3. The van der Waals surface area contributed by atoms with E-state index in [1.807, 2.05) is 0 Å². The Morgan fingerprint density at radius 2 is 1.74 bits per heavy atom. The van der Waals surface area contributed by atoms with Gasteiger partial charge < -0.3 is 14.4 Å². The third kappa shape index (κ3) is 2.62. The molecule has 0 radical (unpaired) electrons. The molecule has 0 aliphatic carbocycles. The topological polar surface area (TPSA) is 76.2 Å². The summed E-state index contributed by atoms with van der Waals surface area (Å²) in [6, 6.07) is 4.80. The zero-order chi connectivity index (χ0) is 16.6. The van der Waals surface area contributed by atoms with Crippen molar-refractivity contribution >= 4 is 17.7 Å². The Balaban J connectivity index is 1.69. The summed E-state index contributed by atoms with van der Waals surface area (Å²) in [6.45, 7) is 0.733. The van der Waals surface area contributed by atoms with Crippen LogP contribution in [0, 0.1) is 0 Å². The smallest absolute Gasteiger partial charge is 0.257 e. The average Bonchev–Trinajstić information content (AvgIpc) is 2.85. The van der Waals surface area contributed by atoms with Crippen LogP contribution in [0.3, 0.4) is 0 Å². The predicted molar refractivity (Wildman–Crippen MR) is 80.3 cm³/mol. The Bertz CT molecular complexity index is 650. The maximum atomic E-state index is 12.5. The van der Waals surface area contributed by atoms with E-state index in [-0.39, 0.29) is 36.6 Å². The van der Waals surface area contributed by atoms with Gasteiger partial charge in [0.25, 0.3) is 5.91 Å². The lowest BCUT2D eigenvalue weighted by molar-refractivity contribution is -0.144. The molecular weight excluding hydrogens is 300 g/mol. The second-order valence-corrected chi connectivity index (χ2v) is 5.59. The summed E-state index contributed by atoms with van der Waals surface area (Å²) in [5.74, 6) is 0.572. The first-order chi connectivity index (χ1) is 11.0. The lowest BCUT2D eigenvalue weighted by atomic mass is 10.0. The van der Waals surface area contributed by atoms with Crippen LogP contribution in [0.4, 0.5) is 0 Å². The Hall–Kier alpha value is -2.57. The number of nitrogens with zero attached hydrogens (tertiary/aromatic N) is 2. The fourth-order valence-corrected chi connectivity index (χ4v) is 2.93. The Morgan fingerprint density at radius 1 is 1.09 bits per heavy atom. The Labute approximate surface area is 133 Å². The highest BCUT2D eigenvalue weighted by Gasteiger charge is 2.43. The van der Waals surface area contributed by atoms with E-state index in [2.05, 4.69) is 0 Å². The van der Waals surface area contributed by atoms with E-state index < -0.39 is 0 Å². The number of carbonyl (C=O) groups excluding carboxylic acids is 3. The zero-order valence-corrected chi connectivity index (χ0v) is 13.1. The molecule has 0 N–H and O–H groups in total. The van der Waals surface area contributed by atoms with Crippen LogP contribution >= 0.6 is 0 Å². The standard InChI is InChI=1S/C16H18N2O5/c1-22-11-3-4-12(13(7-11)23-2)16(21)17-8-10(9-17)18-14(19)5-6-15(18)20/h3-4,7,10H,5-6,8-9H2,1-2H3. The highest BCUT2D eigenvalue weighted by molar-refractivity contribution is 6.03. The van der Waals surface area contributed by atoms with Crippen molar-refractivity contribution in [2.75, 3.05) is 27.3 Å². The van der Waals surface area contributed by atoms with E-state index >= 15 is 0 Å². The van der Waals surface area contributed by atoms with Gasteiger partial charge in [0.2, 0.25) is 11.8 Å². The summed E-state index contributed by atoms with van der Waals surface area (Å²) in [6.07, 6.45) is 0.547. The van der Waals surface area contributed by atoms with Crippen LogP contribution in [0.5, 0.6) is 11.5 Å². The number of methoxy groups -OCH3 is 2. The maximum absolute atomic E-state index is 12.5. The molecule has 0 bridgehead atoms. The molecule has 0 atom stereocenters. The molecule has 1 aromatic rings. The highest BCUT2D eigenvalue weighted by Crippen LogP contribution is 2.29. The summed E-state index contributed by atoms with van der Waals surface area (Å²) in [5, 5.41) is 0. The summed E-state index contributed by atoms with van der Waals surface area (Å²) < 4.78 is 10.4. The fourth-order valence-electron chi connectivity index (χ4n) is 2.93. The first-order valence-electron chi connectivity index (χ1n) is 7.41. The van der Waals surface area contributed by atoms with Crippen molar-refractivity contribution in [1.82, 2.24) is 9.80 Å². The fraction of sp³-hybridized carbons (Fsp3) is 0.438. The van der Waals surface area contributed by atoms with E-state index in [0.717, 1.165) is 0 Å². The number of hydrogen-bond donors (Lipinski definition) is 0. The van der Waals surface area contributed by atoms with E-state index in [1.165, 1.54) is 12.0 Å². The second kappa shape index (κ2) is 5.91. The highest BCUT2D eigenvalue weighted by atomic mass is 16.5. The lowest BCUT2D eigenvalue weighted by Gasteiger charge is -2.43. The third-order valence-electron chi connectivity index (χ3n) is 4.24. The minimum atomic E-state index is -0.203. The van der Waals surface area contributed by atoms with Gasteiger partial charge in [-0.05, 0) is 12.1 Å². The summed E-state index contributed by atoms with van der Waals surface area (Å²) in [5.41, 5.74) is 0.436. The molecule has 3 rings (SSSR count). The van der Waals surface area contributed by atoms with Crippen LogP contribution in [0.2, 0.25) is 0 Å². The SMILES string of the molecule is COc1ccc(C(=O)N2CC(N3C(=O)CCC3=O)C2)c(OC)c1. The first kappa shape index (κ1) is 15.3. The largest absolute Gasteiger partial charge is 0.497 e. The molecule has 122 valence electrons. The Kier molecular flexibility index (Phi) is 3.94. The quantitative estimate of drug-likeness (QED) is 0.763. The van der Waals surface area contributed by atoms with Crippen LogP contribution in [-0.4, -0.2) is 60.9 Å². The molecule has 2 saturated heterocycles. The minimum absolute atomic E-state index is 0.144.